The minimum Gasteiger partial charge on any atom is -0.507 e. The average Bonchev–Trinajstić information content (AvgIpc) is 3.13. The normalized spacial score (nSPS) is 15.4. The number of hydrogen-bond donors (Lipinski definition) is 3. The Morgan fingerprint density at radius 1 is 1.08 bits per heavy atom. The Morgan fingerprint density at radius 3 is 2.68 bits per heavy atom. The van der Waals surface area contributed by atoms with E-state index in [1.807, 2.05) is 24.7 Å². The van der Waals surface area contributed by atoms with E-state index in [9.17, 15) is 5.11 Å². The summed E-state index contributed by atoms with van der Waals surface area (Å²) in [5, 5.41) is 21.6. The molecule has 3 heterocycles. The van der Waals surface area contributed by atoms with Crippen molar-refractivity contribution >= 4 is 5.82 Å². The van der Waals surface area contributed by atoms with Crippen LogP contribution >= 0.6 is 0 Å². The van der Waals surface area contributed by atoms with E-state index in [0.717, 1.165) is 37.2 Å². The summed E-state index contributed by atoms with van der Waals surface area (Å²) in [7, 11) is 0. The fourth-order valence-corrected chi connectivity index (χ4v) is 3.21. The van der Waals surface area contributed by atoms with Crippen molar-refractivity contribution in [2.24, 2.45) is 0 Å². The van der Waals surface area contributed by atoms with Gasteiger partial charge in [-0.2, -0.15) is 0 Å². The molecular formula is C18H20N6O. The number of nitrogens with two attached hydrogens (primary N) is 1. The first kappa shape index (κ1) is 15.6. The molecule has 7 heteroatoms. The predicted molar refractivity (Wildman–Crippen MR) is 95.9 cm³/mol. The van der Waals surface area contributed by atoms with E-state index >= 15 is 0 Å². The van der Waals surface area contributed by atoms with E-state index in [0.29, 0.717) is 23.1 Å². The van der Waals surface area contributed by atoms with Crippen molar-refractivity contribution in [3.8, 4) is 28.3 Å². The predicted octanol–water partition coefficient (Wildman–Crippen LogP) is 2.22. The Balaban J connectivity index is 1.70. The highest BCUT2D eigenvalue weighted by Gasteiger charge is 2.17. The van der Waals surface area contributed by atoms with Gasteiger partial charge in [0.05, 0.1) is 17.7 Å². The highest BCUT2D eigenvalue weighted by atomic mass is 16.3. The number of imidazole rings is 1. The minimum absolute atomic E-state index is 0.160. The van der Waals surface area contributed by atoms with Gasteiger partial charge in [0.15, 0.2) is 5.82 Å². The first-order chi connectivity index (χ1) is 12.2. The largest absolute Gasteiger partial charge is 0.507 e. The number of nitrogen functional groups attached to an aromatic ring is 1. The maximum Gasteiger partial charge on any atom is 0.155 e. The Morgan fingerprint density at radius 2 is 1.88 bits per heavy atom. The van der Waals surface area contributed by atoms with Gasteiger partial charge in [0.2, 0.25) is 0 Å². The van der Waals surface area contributed by atoms with E-state index in [4.69, 9.17) is 5.73 Å². The van der Waals surface area contributed by atoms with Crippen LogP contribution in [0.1, 0.15) is 18.9 Å². The molecule has 128 valence electrons. The van der Waals surface area contributed by atoms with Crippen LogP contribution in [0.25, 0.3) is 22.5 Å². The highest BCUT2D eigenvalue weighted by molar-refractivity contribution is 5.76. The summed E-state index contributed by atoms with van der Waals surface area (Å²) in [5.41, 5.74) is 8.71. The van der Waals surface area contributed by atoms with Crippen LogP contribution in [-0.2, 0) is 0 Å². The quantitative estimate of drug-likeness (QED) is 0.678. The van der Waals surface area contributed by atoms with Gasteiger partial charge in [0.1, 0.15) is 5.75 Å². The monoisotopic (exact) mass is 336 g/mol. The molecular weight excluding hydrogens is 316 g/mol. The number of rotatable bonds is 3. The van der Waals surface area contributed by atoms with Crippen LogP contribution in [0.2, 0.25) is 0 Å². The van der Waals surface area contributed by atoms with Crippen molar-refractivity contribution in [3.05, 3.63) is 42.9 Å². The Bertz CT molecular complexity index is 885. The summed E-state index contributed by atoms with van der Waals surface area (Å²) in [4.78, 5) is 4.51. The molecule has 0 radical (unpaired) electrons. The van der Waals surface area contributed by atoms with Gasteiger partial charge in [-0.25, -0.2) is 4.98 Å². The molecule has 2 aromatic heterocycles. The van der Waals surface area contributed by atoms with Gasteiger partial charge in [0.25, 0.3) is 0 Å². The molecule has 0 aliphatic carbocycles. The molecule has 1 aromatic carbocycles. The Kier molecular flexibility index (Phi) is 4.07. The standard InChI is InChI=1S/C18H20N6O/c19-18-14(9-15(22-23-18)13-3-1-2-4-17(13)25)16-10-24(11-21-16)12-5-7-20-8-6-12/h1-4,9-12,20,25H,5-8H2,(H2,19,23). The van der Waals surface area contributed by atoms with E-state index in [-0.39, 0.29) is 5.75 Å². The summed E-state index contributed by atoms with van der Waals surface area (Å²) in [6.07, 6.45) is 6.04. The van der Waals surface area contributed by atoms with E-state index in [1.54, 1.807) is 18.2 Å². The van der Waals surface area contributed by atoms with Crippen molar-refractivity contribution in [2.45, 2.75) is 18.9 Å². The molecule has 7 nitrogen and oxygen atoms in total. The van der Waals surface area contributed by atoms with Crippen LogP contribution in [0.15, 0.2) is 42.9 Å². The summed E-state index contributed by atoms with van der Waals surface area (Å²) < 4.78 is 2.15. The fourth-order valence-electron chi connectivity index (χ4n) is 3.21. The molecule has 4 N–H and O–H groups in total. The number of aromatic hydroxyl groups is 1. The zero-order valence-electron chi connectivity index (χ0n) is 13.8. The molecule has 0 unspecified atom stereocenters. The zero-order chi connectivity index (χ0) is 17.2. The molecule has 1 aliphatic rings. The molecule has 0 spiro atoms. The molecule has 1 fully saturated rings. The van der Waals surface area contributed by atoms with Crippen molar-refractivity contribution in [1.29, 1.82) is 0 Å². The average molecular weight is 336 g/mol. The van der Waals surface area contributed by atoms with Gasteiger partial charge in [-0.05, 0) is 44.1 Å². The smallest absolute Gasteiger partial charge is 0.155 e. The number of anilines is 1. The fraction of sp³-hybridized carbons (Fsp3) is 0.278. The molecule has 25 heavy (non-hydrogen) atoms. The van der Waals surface area contributed by atoms with Gasteiger partial charge in [-0.15, -0.1) is 10.2 Å². The van der Waals surface area contributed by atoms with Crippen LogP contribution in [0.5, 0.6) is 5.75 Å². The molecule has 1 saturated heterocycles. The number of phenols is 1. The summed E-state index contributed by atoms with van der Waals surface area (Å²) >= 11 is 0. The van der Waals surface area contributed by atoms with Gasteiger partial charge < -0.3 is 20.7 Å². The molecule has 0 atom stereocenters. The van der Waals surface area contributed by atoms with Crippen molar-refractivity contribution in [2.75, 3.05) is 18.8 Å². The number of nitrogens with one attached hydrogen (secondary N) is 1. The molecule has 0 saturated carbocycles. The van der Waals surface area contributed by atoms with Gasteiger partial charge in [-0.1, -0.05) is 12.1 Å². The number of benzene rings is 1. The second kappa shape index (κ2) is 6.52. The van der Waals surface area contributed by atoms with Gasteiger partial charge in [-0.3, -0.25) is 0 Å². The lowest BCUT2D eigenvalue weighted by atomic mass is 10.1. The molecule has 3 aromatic rings. The maximum atomic E-state index is 10.0. The lowest BCUT2D eigenvalue weighted by molar-refractivity contribution is 0.368. The van der Waals surface area contributed by atoms with Crippen LogP contribution < -0.4 is 11.1 Å². The maximum absolute atomic E-state index is 10.0. The molecule has 4 rings (SSSR count). The second-order valence-corrected chi connectivity index (χ2v) is 6.23. The number of hydrogen-bond acceptors (Lipinski definition) is 6. The Hall–Kier alpha value is -2.93. The third-order valence-corrected chi connectivity index (χ3v) is 4.61. The molecule has 0 bridgehead atoms. The van der Waals surface area contributed by atoms with Crippen LogP contribution in [0, 0.1) is 0 Å². The highest BCUT2D eigenvalue weighted by Crippen LogP contribution is 2.32. The van der Waals surface area contributed by atoms with E-state index in [2.05, 4.69) is 25.1 Å². The molecule has 1 aliphatic heterocycles. The SMILES string of the molecule is Nc1nnc(-c2ccccc2O)cc1-c1cn(C2CCNCC2)cn1. The number of aromatic nitrogens is 4. The van der Waals surface area contributed by atoms with Crippen LogP contribution in [0.4, 0.5) is 5.82 Å². The van der Waals surface area contributed by atoms with Crippen LogP contribution in [-0.4, -0.2) is 37.9 Å². The van der Waals surface area contributed by atoms with E-state index in [1.165, 1.54) is 0 Å². The van der Waals surface area contributed by atoms with E-state index < -0.39 is 0 Å². The van der Waals surface area contributed by atoms with Crippen LogP contribution in [0.3, 0.4) is 0 Å². The van der Waals surface area contributed by atoms with Gasteiger partial charge in [0, 0.05) is 23.4 Å². The topological polar surface area (TPSA) is 102 Å². The second-order valence-electron chi connectivity index (χ2n) is 6.23. The third kappa shape index (κ3) is 3.06. The summed E-state index contributed by atoms with van der Waals surface area (Å²) in [5.74, 6) is 0.488. The number of phenolic OH excluding ortho intramolecular Hbond substituents is 1. The first-order valence-electron chi connectivity index (χ1n) is 8.38. The number of para-hydroxylation sites is 1. The Labute approximate surface area is 145 Å². The zero-order valence-corrected chi connectivity index (χ0v) is 13.8. The third-order valence-electron chi connectivity index (χ3n) is 4.61. The van der Waals surface area contributed by atoms with Crippen molar-refractivity contribution in [3.63, 3.8) is 0 Å². The van der Waals surface area contributed by atoms with Crippen molar-refractivity contribution in [1.82, 2.24) is 25.1 Å². The number of piperidine rings is 1. The molecule has 0 amide bonds. The minimum atomic E-state index is 0.160. The first-order valence-corrected chi connectivity index (χ1v) is 8.38. The van der Waals surface area contributed by atoms with Gasteiger partial charge >= 0.3 is 0 Å². The lowest BCUT2D eigenvalue weighted by Gasteiger charge is -2.23. The summed E-state index contributed by atoms with van der Waals surface area (Å²) in [6.45, 7) is 2.04. The lowest BCUT2D eigenvalue weighted by Crippen LogP contribution is -2.28. The van der Waals surface area contributed by atoms with Crippen molar-refractivity contribution < 1.29 is 5.11 Å². The number of nitrogens with zero attached hydrogens (tertiary/aromatic N) is 4. The summed E-state index contributed by atoms with van der Waals surface area (Å²) in [6, 6.07) is 9.32.